The molecule has 1 saturated heterocycles. The van der Waals surface area contributed by atoms with Crippen molar-refractivity contribution >= 4 is 17.9 Å². The number of carbonyl (C=O) groups excluding carboxylic acids is 2. The number of benzene rings is 3. The van der Waals surface area contributed by atoms with Crippen molar-refractivity contribution in [2.45, 2.75) is 25.9 Å². The molecule has 8 heteroatoms. The van der Waals surface area contributed by atoms with Gasteiger partial charge < -0.3 is 14.2 Å². The predicted molar refractivity (Wildman–Crippen MR) is 153 cm³/mol. The number of carbonyl (C=O) groups is 2. The van der Waals surface area contributed by atoms with E-state index in [-0.39, 0.29) is 17.8 Å². The smallest absolute Gasteiger partial charge is 0.413 e. The van der Waals surface area contributed by atoms with Crippen LogP contribution in [0.1, 0.15) is 37.0 Å². The zero-order valence-electron chi connectivity index (χ0n) is 22.9. The summed E-state index contributed by atoms with van der Waals surface area (Å²) in [7, 11) is 1.77. The molecular weight excluding hydrogens is 506 g/mol. The van der Waals surface area contributed by atoms with Crippen LogP contribution in [-0.2, 0) is 26.1 Å². The van der Waals surface area contributed by atoms with E-state index in [1.165, 1.54) is 0 Å². The number of hydrogen-bond donors (Lipinski definition) is 1. The molecule has 1 amide bonds. The van der Waals surface area contributed by atoms with Gasteiger partial charge in [-0.25, -0.2) is 4.79 Å². The topological polar surface area (TPSA) is 91.7 Å². The van der Waals surface area contributed by atoms with Gasteiger partial charge in [-0.2, -0.15) is 5.10 Å². The van der Waals surface area contributed by atoms with E-state index in [2.05, 4.69) is 10.4 Å². The van der Waals surface area contributed by atoms with Crippen LogP contribution in [0, 0.1) is 5.92 Å². The molecule has 1 fully saturated rings. The van der Waals surface area contributed by atoms with Gasteiger partial charge in [-0.1, -0.05) is 78.9 Å². The molecule has 2 heterocycles. The quantitative estimate of drug-likeness (QED) is 0.249. The molecule has 0 bridgehead atoms. The van der Waals surface area contributed by atoms with E-state index in [1.54, 1.807) is 17.9 Å². The molecular formula is C32H33N3O5. The fourth-order valence-corrected chi connectivity index (χ4v) is 4.88. The van der Waals surface area contributed by atoms with Gasteiger partial charge in [-0.3, -0.25) is 14.8 Å². The second kappa shape index (κ2) is 12.2. The highest BCUT2D eigenvalue weighted by Gasteiger charge is 2.36. The third kappa shape index (κ3) is 5.92. The first-order chi connectivity index (χ1) is 19.4. The maximum atomic E-state index is 12.7. The van der Waals surface area contributed by atoms with Crippen molar-refractivity contribution in [3.63, 3.8) is 0 Å². The summed E-state index contributed by atoms with van der Waals surface area (Å²) in [5, 5.41) is 7.19. The van der Waals surface area contributed by atoms with Crippen molar-refractivity contribution in [2.24, 2.45) is 13.0 Å². The Morgan fingerprint density at radius 1 is 0.950 bits per heavy atom. The Balaban J connectivity index is 1.29. The maximum absolute atomic E-state index is 12.7. The van der Waals surface area contributed by atoms with Crippen LogP contribution in [0.25, 0.3) is 22.3 Å². The average molecular weight is 540 g/mol. The molecule has 8 nitrogen and oxygen atoms in total. The van der Waals surface area contributed by atoms with Crippen molar-refractivity contribution in [1.29, 1.82) is 0 Å². The van der Waals surface area contributed by atoms with Crippen molar-refractivity contribution in [3.05, 3.63) is 96.2 Å². The molecule has 2 unspecified atom stereocenters. The normalized spacial score (nSPS) is 14.6. The Morgan fingerprint density at radius 2 is 1.57 bits per heavy atom. The summed E-state index contributed by atoms with van der Waals surface area (Å²) < 4.78 is 17.9. The van der Waals surface area contributed by atoms with Crippen LogP contribution in [0.4, 0.5) is 10.6 Å². The molecule has 1 aliphatic rings. The summed E-state index contributed by atoms with van der Waals surface area (Å²) in [5.74, 6) is 0.175. The molecule has 40 heavy (non-hydrogen) atoms. The summed E-state index contributed by atoms with van der Waals surface area (Å²) in [4.78, 5) is 25.3. The van der Waals surface area contributed by atoms with Crippen molar-refractivity contribution in [1.82, 2.24) is 9.78 Å². The standard InChI is InChI=1S/C32H33N3O5/c1-4-39-31(36)29(27-19-38-20-27)26-16-12-24(13-17-26)23-10-14-25(15-11-23)28-18-33-35(3)30(28)34-32(37)40-21(2)22-8-6-5-7-9-22/h5-18,21,27,29H,4,19-20H2,1-3H3,(H,34,37). The van der Waals surface area contributed by atoms with E-state index in [1.807, 2.05) is 92.7 Å². The number of rotatable bonds is 9. The van der Waals surface area contributed by atoms with Crippen LogP contribution < -0.4 is 5.32 Å². The van der Waals surface area contributed by atoms with E-state index in [0.29, 0.717) is 25.6 Å². The molecule has 4 aromatic rings. The summed E-state index contributed by atoms with van der Waals surface area (Å²) in [6.07, 6.45) is 0.783. The largest absolute Gasteiger partial charge is 0.466 e. The highest BCUT2D eigenvalue weighted by Crippen LogP contribution is 2.34. The van der Waals surface area contributed by atoms with Gasteiger partial charge in [-0.15, -0.1) is 0 Å². The first-order valence-electron chi connectivity index (χ1n) is 13.4. The highest BCUT2D eigenvalue weighted by atomic mass is 16.6. The Labute approximate surface area is 233 Å². The first-order valence-corrected chi connectivity index (χ1v) is 13.4. The third-order valence-corrected chi connectivity index (χ3v) is 7.19. The third-order valence-electron chi connectivity index (χ3n) is 7.19. The number of aromatic nitrogens is 2. The van der Waals surface area contributed by atoms with Gasteiger partial charge in [0.25, 0.3) is 0 Å². The van der Waals surface area contributed by atoms with Crippen LogP contribution in [0.5, 0.6) is 0 Å². The lowest BCUT2D eigenvalue weighted by Gasteiger charge is -2.32. The second-order valence-corrected chi connectivity index (χ2v) is 9.84. The summed E-state index contributed by atoms with van der Waals surface area (Å²) in [6.45, 7) is 5.16. The molecule has 0 spiro atoms. The average Bonchev–Trinajstić information content (AvgIpc) is 3.30. The van der Waals surface area contributed by atoms with Gasteiger partial charge in [0.05, 0.1) is 31.9 Å². The lowest BCUT2D eigenvalue weighted by atomic mass is 9.84. The van der Waals surface area contributed by atoms with Gasteiger partial charge in [0.1, 0.15) is 11.9 Å². The minimum atomic E-state index is -0.549. The van der Waals surface area contributed by atoms with E-state index >= 15 is 0 Å². The first kappa shape index (κ1) is 27.1. The molecule has 1 aliphatic heterocycles. The summed E-state index contributed by atoms with van der Waals surface area (Å²) >= 11 is 0. The van der Waals surface area contributed by atoms with E-state index in [4.69, 9.17) is 14.2 Å². The highest BCUT2D eigenvalue weighted by molar-refractivity contribution is 5.90. The van der Waals surface area contributed by atoms with E-state index in [9.17, 15) is 9.59 Å². The number of nitrogens with one attached hydrogen (secondary N) is 1. The van der Waals surface area contributed by atoms with E-state index in [0.717, 1.165) is 33.4 Å². The number of aryl methyl sites for hydroxylation is 1. The summed E-state index contributed by atoms with van der Waals surface area (Å²) in [6, 6.07) is 25.7. The minimum Gasteiger partial charge on any atom is -0.466 e. The molecule has 2 atom stereocenters. The summed E-state index contributed by atoms with van der Waals surface area (Å²) in [5.41, 5.74) is 5.61. The van der Waals surface area contributed by atoms with Crippen molar-refractivity contribution < 1.29 is 23.8 Å². The molecule has 3 aromatic carbocycles. The van der Waals surface area contributed by atoms with Crippen LogP contribution in [0.2, 0.25) is 0 Å². The molecule has 0 radical (unpaired) electrons. The van der Waals surface area contributed by atoms with Crippen LogP contribution >= 0.6 is 0 Å². The Hall–Kier alpha value is -4.43. The lowest BCUT2D eigenvalue weighted by molar-refractivity contribution is -0.152. The fraction of sp³-hybridized carbons (Fsp3) is 0.281. The Kier molecular flexibility index (Phi) is 8.26. The molecule has 1 N–H and O–H groups in total. The van der Waals surface area contributed by atoms with Gasteiger partial charge >= 0.3 is 12.1 Å². The van der Waals surface area contributed by atoms with Gasteiger partial charge in [0.15, 0.2) is 0 Å². The maximum Gasteiger partial charge on any atom is 0.413 e. The number of amides is 1. The monoisotopic (exact) mass is 539 g/mol. The zero-order valence-corrected chi connectivity index (χ0v) is 22.9. The van der Waals surface area contributed by atoms with Gasteiger partial charge in [0.2, 0.25) is 0 Å². The SMILES string of the molecule is CCOC(=O)C(c1ccc(-c2ccc(-c3cnn(C)c3NC(=O)OC(C)c3ccccc3)cc2)cc1)C1COC1. The molecule has 1 aromatic heterocycles. The number of hydrogen-bond acceptors (Lipinski definition) is 6. The van der Waals surface area contributed by atoms with Crippen molar-refractivity contribution in [2.75, 3.05) is 25.1 Å². The van der Waals surface area contributed by atoms with Gasteiger partial charge in [0, 0.05) is 18.5 Å². The number of ether oxygens (including phenoxy) is 3. The van der Waals surface area contributed by atoms with Crippen LogP contribution in [-0.4, -0.2) is 41.7 Å². The fourth-order valence-electron chi connectivity index (χ4n) is 4.88. The molecule has 206 valence electrons. The molecule has 0 saturated carbocycles. The molecule has 0 aliphatic carbocycles. The second-order valence-electron chi connectivity index (χ2n) is 9.84. The predicted octanol–water partition coefficient (Wildman–Crippen LogP) is 6.36. The lowest BCUT2D eigenvalue weighted by Crippen LogP contribution is -2.37. The number of esters is 1. The minimum absolute atomic E-state index is 0.144. The van der Waals surface area contributed by atoms with Gasteiger partial charge in [-0.05, 0) is 41.7 Å². The van der Waals surface area contributed by atoms with E-state index < -0.39 is 12.2 Å². The Morgan fingerprint density at radius 3 is 2.17 bits per heavy atom. The van der Waals surface area contributed by atoms with Crippen LogP contribution in [0.3, 0.4) is 0 Å². The zero-order chi connectivity index (χ0) is 28.1. The molecule has 5 rings (SSSR count). The van der Waals surface area contributed by atoms with Crippen LogP contribution in [0.15, 0.2) is 85.1 Å². The number of nitrogens with zero attached hydrogens (tertiary/aromatic N) is 2. The Bertz CT molecular complexity index is 1440. The number of anilines is 1. The van der Waals surface area contributed by atoms with Crippen molar-refractivity contribution in [3.8, 4) is 22.3 Å².